The Kier molecular flexibility index (Phi) is 5.38. The molecule has 4 rings (SSSR count). The standard InChI is InChI=1S/C20H27N5OS/c1-3-24(17-9-5-4-8-15(17)2)18(26)14-27-20-22-21-19(23-12-6-7-13-23)25(20)16-10-11-16/h4-5,8-9,16H,3,6-7,10-14H2,1-2H3. The van der Waals surface area contributed by atoms with Gasteiger partial charge in [0, 0.05) is 31.4 Å². The Hall–Kier alpha value is -2.02. The number of thioether (sulfide) groups is 1. The van der Waals surface area contributed by atoms with Crippen LogP contribution in [0.1, 0.15) is 44.2 Å². The zero-order valence-corrected chi connectivity index (χ0v) is 16.9. The molecule has 1 amide bonds. The number of aryl methyl sites for hydroxylation is 1. The van der Waals surface area contributed by atoms with Crippen LogP contribution in [0.15, 0.2) is 29.4 Å². The van der Waals surface area contributed by atoms with E-state index in [2.05, 4.69) is 19.7 Å². The van der Waals surface area contributed by atoms with E-state index >= 15 is 0 Å². The number of carbonyl (C=O) groups is 1. The van der Waals surface area contributed by atoms with Gasteiger partial charge in [-0.15, -0.1) is 10.2 Å². The number of anilines is 2. The Morgan fingerprint density at radius 1 is 1.22 bits per heavy atom. The molecule has 0 N–H and O–H groups in total. The van der Waals surface area contributed by atoms with Crippen LogP contribution >= 0.6 is 11.8 Å². The van der Waals surface area contributed by atoms with Gasteiger partial charge >= 0.3 is 0 Å². The zero-order chi connectivity index (χ0) is 18.8. The number of aromatic nitrogens is 3. The van der Waals surface area contributed by atoms with E-state index in [1.165, 1.54) is 37.4 Å². The van der Waals surface area contributed by atoms with Crippen molar-refractivity contribution in [2.75, 3.05) is 35.2 Å². The highest BCUT2D eigenvalue weighted by Crippen LogP contribution is 2.41. The molecule has 1 aromatic heterocycles. The molecule has 144 valence electrons. The second-order valence-corrected chi connectivity index (χ2v) is 8.23. The Morgan fingerprint density at radius 2 is 1.96 bits per heavy atom. The predicted octanol–water partition coefficient (Wildman–Crippen LogP) is 3.67. The first-order valence-corrected chi connectivity index (χ1v) is 10.9. The van der Waals surface area contributed by atoms with Gasteiger partial charge in [0.2, 0.25) is 11.9 Å². The summed E-state index contributed by atoms with van der Waals surface area (Å²) in [5.41, 5.74) is 2.11. The third-order valence-electron chi connectivity index (χ3n) is 5.30. The van der Waals surface area contributed by atoms with E-state index in [0.717, 1.165) is 35.4 Å². The molecule has 2 aromatic rings. The van der Waals surface area contributed by atoms with Crippen molar-refractivity contribution in [3.8, 4) is 0 Å². The minimum absolute atomic E-state index is 0.116. The SMILES string of the molecule is CCN(C(=O)CSc1nnc(N2CCCC2)n1C1CC1)c1ccccc1C. The molecular formula is C20H27N5OS. The van der Waals surface area contributed by atoms with E-state index in [-0.39, 0.29) is 5.91 Å². The van der Waals surface area contributed by atoms with Crippen LogP contribution in [0.3, 0.4) is 0 Å². The fourth-order valence-corrected chi connectivity index (χ4v) is 4.58. The number of benzene rings is 1. The van der Waals surface area contributed by atoms with Crippen molar-refractivity contribution in [1.29, 1.82) is 0 Å². The Morgan fingerprint density at radius 3 is 2.63 bits per heavy atom. The third-order valence-corrected chi connectivity index (χ3v) is 6.22. The van der Waals surface area contributed by atoms with Gasteiger partial charge in [-0.25, -0.2) is 0 Å². The first-order chi connectivity index (χ1) is 13.2. The van der Waals surface area contributed by atoms with Crippen LogP contribution in [0.2, 0.25) is 0 Å². The first-order valence-electron chi connectivity index (χ1n) is 9.87. The van der Waals surface area contributed by atoms with Crippen molar-refractivity contribution >= 4 is 29.3 Å². The molecular weight excluding hydrogens is 358 g/mol. The lowest BCUT2D eigenvalue weighted by Crippen LogP contribution is -2.32. The van der Waals surface area contributed by atoms with E-state index in [1.54, 1.807) is 0 Å². The minimum atomic E-state index is 0.116. The van der Waals surface area contributed by atoms with Crippen molar-refractivity contribution in [2.24, 2.45) is 0 Å². The Balaban J connectivity index is 1.48. The van der Waals surface area contributed by atoms with Gasteiger partial charge < -0.3 is 9.80 Å². The lowest BCUT2D eigenvalue weighted by Gasteiger charge is -2.23. The quantitative estimate of drug-likeness (QED) is 0.681. The molecule has 0 atom stereocenters. The summed E-state index contributed by atoms with van der Waals surface area (Å²) in [5, 5.41) is 9.78. The molecule has 1 saturated heterocycles. The van der Waals surface area contributed by atoms with Crippen LogP contribution in [-0.4, -0.2) is 46.1 Å². The third kappa shape index (κ3) is 3.83. The van der Waals surface area contributed by atoms with Crippen molar-refractivity contribution in [3.05, 3.63) is 29.8 Å². The van der Waals surface area contributed by atoms with E-state index < -0.39 is 0 Å². The van der Waals surface area contributed by atoms with Crippen LogP contribution in [0.5, 0.6) is 0 Å². The number of amides is 1. The number of para-hydroxylation sites is 1. The van der Waals surface area contributed by atoms with Gasteiger partial charge in [-0.05, 0) is 51.2 Å². The maximum Gasteiger partial charge on any atom is 0.237 e. The highest BCUT2D eigenvalue weighted by molar-refractivity contribution is 7.99. The highest BCUT2D eigenvalue weighted by atomic mass is 32.2. The maximum absolute atomic E-state index is 12.9. The van der Waals surface area contributed by atoms with Crippen LogP contribution in [0.4, 0.5) is 11.6 Å². The molecule has 0 radical (unpaired) electrons. The summed E-state index contributed by atoms with van der Waals surface area (Å²) >= 11 is 1.52. The van der Waals surface area contributed by atoms with Crippen molar-refractivity contribution in [1.82, 2.24) is 14.8 Å². The second kappa shape index (κ2) is 7.92. The Bertz CT molecular complexity index is 810. The number of nitrogens with zero attached hydrogens (tertiary/aromatic N) is 5. The number of hydrogen-bond donors (Lipinski definition) is 0. The fraction of sp³-hybridized carbons (Fsp3) is 0.550. The summed E-state index contributed by atoms with van der Waals surface area (Å²) in [6, 6.07) is 8.55. The highest BCUT2D eigenvalue weighted by Gasteiger charge is 2.32. The smallest absolute Gasteiger partial charge is 0.237 e. The fourth-order valence-electron chi connectivity index (χ4n) is 3.70. The van der Waals surface area contributed by atoms with Crippen LogP contribution in [0, 0.1) is 6.92 Å². The van der Waals surface area contributed by atoms with Crippen molar-refractivity contribution in [2.45, 2.75) is 50.7 Å². The van der Waals surface area contributed by atoms with Gasteiger partial charge in [0.25, 0.3) is 0 Å². The number of hydrogen-bond acceptors (Lipinski definition) is 5. The summed E-state index contributed by atoms with van der Waals surface area (Å²) in [6.45, 7) is 6.85. The molecule has 1 saturated carbocycles. The van der Waals surface area contributed by atoms with Gasteiger partial charge in [0.05, 0.1) is 5.75 Å². The molecule has 7 heteroatoms. The van der Waals surface area contributed by atoms with E-state index in [4.69, 9.17) is 0 Å². The largest absolute Gasteiger partial charge is 0.341 e. The second-order valence-electron chi connectivity index (χ2n) is 7.29. The molecule has 0 spiro atoms. The average Bonchev–Trinajstić information content (AvgIpc) is 3.19. The molecule has 0 unspecified atom stereocenters. The maximum atomic E-state index is 12.9. The minimum Gasteiger partial charge on any atom is -0.341 e. The lowest BCUT2D eigenvalue weighted by molar-refractivity contribution is -0.116. The normalized spacial score (nSPS) is 16.7. The number of carbonyl (C=O) groups excluding carboxylic acids is 1. The van der Waals surface area contributed by atoms with Gasteiger partial charge in [0.15, 0.2) is 5.16 Å². The molecule has 1 aromatic carbocycles. The van der Waals surface area contributed by atoms with Gasteiger partial charge in [0.1, 0.15) is 0 Å². The van der Waals surface area contributed by atoms with Gasteiger partial charge in [-0.1, -0.05) is 30.0 Å². The van der Waals surface area contributed by atoms with Crippen molar-refractivity contribution in [3.63, 3.8) is 0 Å². The average molecular weight is 386 g/mol. The van der Waals surface area contributed by atoms with Crippen LogP contribution in [0.25, 0.3) is 0 Å². The summed E-state index contributed by atoms with van der Waals surface area (Å²) in [7, 11) is 0. The van der Waals surface area contributed by atoms with Crippen LogP contribution in [-0.2, 0) is 4.79 Å². The molecule has 1 aliphatic heterocycles. The van der Waals surface area contributed by atoms with E-state index in [1.807, 2.05) is 43.0 Å². The molecule has 2 heterocycles. The summed E-state index contributed by atoms with van der Waals surface area (Å²) in [6.07, 6.45) is 4.82. The first kappa shape index (κ1) is 18.3. The molecule has 2 fully saturated rings. The van der Waals surface area contributed by atoms with E-state index in [9.17, 15) is 4.79 Å². The lowest BCUT2D eigenvalue weighted by atomic mass is 10.2. The van der Waals surface area contributed by atoms with Gasteiger partial charge in [-0.3, -0.25) is 9.36 Å². The molecule has 6 nitrogen and oxygen atoms in total. The molecule has 2 aliphatic rings. The van der Waals surface area contributed by atoms with Crippen molar-refractivity contribution < 1.29 is 4.79 Å². The molecule has 0 bridgehead atoms. The van der Waals surface area contributed by atoms with E-state index in [0.29, 0.717) is 18.3 Å². The van der Waals surface area contributed by atoms with Gasteiger partial charge in [-0.2, -0.15) is 0 Å². The van der Waals surface area contributed by atoms with Crippen LogP contribution < -0.4 is 9.80 Å². The monoisotopic (exact) mass is 385 g/mol. The summed E-state index contributed by atoms with van der Waals surface area (Å²) in [4.78, 5) is 17.1. The zero-order valence-electron chi connectivity index (χ0n) is 16.1. The predicted molar refractivity (Wildman–Crippen MR) is 110 cm³/mol. The molecule has 27 heavy (non-hydrogen) atoms. The summed E-state index contributed by atoms with van der Waals surface area (Å²) < 4.78 is 2.27. The summed E-state index contributed by atoms with van der Waals surface area (Å²) in [5.74, 6) is 1.49. The number of rotatable bonds is 7. The molecule has 1 aliphatic carbocycles. The Labute approximate surface area is 164 Å². The topological polar surface area (TPSA) is 54.3 Å².